The molecule has 4 rings (SSSR count). The number of carbonyl (C=O) groups excluding carboxylic acids is 1. The fourth-order valence-electron chi connectivity index (χ4n) is 3.38. The summed E-state index contributed by atoms with van der Waals surface area (Å²) in [6.45, 7) is 1.74. The van der Waals surface area contributed by atoms with E-state index in [0.717, 1.165) is 5.56 Å². The Bertz CT molecular complexity index is 1390. The third-order valence-electron chi connectivity index (χ3n) is 5.12. The van der Waals surface area contributed by atoms with E-state index in [0.29, 0.717) is 32.5 Å². The number of amides is 1. The van der Waals surface area contributed by atoms with Crippen LogP contribution in [0.3, 0.4) is 0 Å². The first kappa shape index (κ1) is 25.6. The van der Waals surface area contributed by atoms with Gasteiger partial charge in [0.15, 0.2) is 11.0 Å². The summed E-state index contributed by atoms with van der Waals surface area (Å²) >= 11 is 13.4. The Kier molecular flexibility index (Phi) is 7.88. The molecule has 4 aromatic rings. The molecule has 1 heterocycles. The van der Waals surface area contributed by atoms with Crippen LogP contribution in [0.4, 0.5) is 10.1 Å². The van der Waals surface area contributed by atoms with Gasteiger partial charge in [0.1, 0.15) is 5.82 Å². The molecule has 3 aromatic carbocycles. The van der Waals surface area contributed by atoms with E-state index in [-0.39, 0.29) is 17.1 Å². The number of nitro groups is 1. The summed E-state index contributed by atoms with van der Waals surface area (Å²) in [6.07, 6.45) is 0. The Morgan fingerprint density at radius 3 is 2.33 bits per heavy atom. The summed E-state index contributed by atoms with van der Waals surface area (Å²) in [5.74, 6) is 0.149. The molecular formula is C24H18Cl2FN5O3S. The number of nitrogens with zero attached hydrogens (tertiary/aromatic N) is 4. The normalized spacial score (nSPS) is 11.8. The van der Waals surface area contributed by atoms with E-state index in [9.17, 15) is 19.3 Å². The van der Waals surface area contributed by atoms with E-state index >= 15 is 0 Å². The highest BCUT2D eigenvalue weighted by molar-refractivity contribution is 7.98. The number of nitro benzene ring substituents is 1. The first-order valence-electron chi connectivity index (χ1n) is 10.6. The number of non-ortho nitro benzene ring substituents is 1. The Morgan fingerprint density at radius 1 is 1.08 bits per heavy atom. The minimum atomic E-state index is -0.599. The highest BCUT2D eigenvalue weighted by Crippen LogP contribution is 2.29. The number of halogens is 3. The van der Waals surface area contributed by atoms with Crippen LogP contribution in [0.5, 0.6) is 0 Å². The molecule has 0 aliphatic carbocycles. The summed E-state index contributed by atoms with van der Waals surface area (Å²) in [7, 11) is 0. The molecular weight excluding hydrogens is 528 g/mol. The van der Waals surface area contributed by atoms with E-state index in [1.54, 1.807) is 35.8 Å². The van der Waals surface area contributed by atoms with Crippen LogP contribution in [0.25, 0.3) is 5.69 Å². The lowest BCUT2D eigenvalue weighted by Crippen LogP contribution is -2.28. The van der Waals surface area contributed by atoms with Crippen LogP contribution in [0.15, 0.2) is 71.9 Å². The van der Waals surface area contributed by atoms with Gasteiger partial charge in [0.25, 0.3) is 11.6 Å². The molecule has 0 spiro atoms. The minimum Gasteiger partial charge on any atom is -0.342 e. The Morgan fingerprint density at radius 2 is 1.72 bits per heavy atom. The van der Waals surface area contributed by atoms with Gasteiger partial charge in [-0.2, -0.15) is 0 Å². The first-order valence-corrected chi connectivity index (χ1v) is 12.3. The van der Waals surface area contributed by atoms with Gasteiger partial charge >= 0.3 is 0 Å². The number of hydrogen-bond acceptors (Lipinski definition) is 6. The van der Waals surface area contributed by atoms with E-state index < -0.39 is 16.9 Å². The Balaban J connectivity index is 1.64. The largest absolute Gasteiger partial charge is 0.342 e. The maximum Gasteiger partial charge on any atom is 0.269 e. The summed E-state index contributed by atoms with van der Waals surface area (Å²) in [6, 6.07) is 16.0. The minimum absolute atomic E-state index is 0.0620. The predicted molar refractivity (Wildman–Crippen MR) is 136 cm³/mol. The number of benzene rings is 3. The summed E-state index contributed by atoms with van der Waals surface area (Å²) < 4.78 is 15.0. The van der Waals surface area contributed by atoms with Crippen molar-refractivity contribution >= 4 is 46.6 Å². The van der Waals surface area contributed by atoms with E-state index in [1.807, 2.05) is 0 Å². The third kappa shape index (κ3) is 6.01. The molecule has 0 bridgehead atoms. The molecule has 184 valence electrons. The summed E-state index contributed by atoms with van der Waals surface area (Å²) in [5.41, 5.74) is 1.68. The van der Waals surface area contributed by atoms with Gasteiger partial charge in [0.2, 0.25) is 0 Å². The van der Waals surface area contributed by atoms with Gasteiger partial charge in [0, 0.05) is 39.2 Å². The molecule has 0 fully saturated rings. The van der Waals surface area contributed by atoms with Crippen LogP contribution in [0.2, 0.25) is 10.0 Å². The maximum absolute atomic E-state index is 13.3. The van der Waals surface area contributed by atoms with Gasteiger partial charge in [0.05, 0.1) is 11.0 Å². The van der Waals surface area contributed by atoms with Crippen molar-refractivity contribution in [1.82, 2.24) is 20.1 Å². The molecule has 0 saturated heterocycles. The van der Waals surface area contributed by atoms with E-state index in [1.165, 1.54) is 54.2 Å². The zero-order valence-corrected chi connectivity index (χ0v) is 21.0. The highest BCUT2D eigenvalue weighted by Gasteiger charge is 2.22. The maximum atomic E-state index is 13.3. The first-order chi connectivity index (χ1) is 17.2. The van der Waals surface area contributed by atoms with E-state index in [4.69, 9.17) is 23.2 Å². The van der Waals surface area contributed by atoms with Crippen LogP contribution < -0.4 is 5.32 Å². The molecule has 36 heavy (non-hydrogen) atoms. The van der Waals surface area contributed by atoms with Gasteiger partial charge in [-0.1, -0.05) is 47.1 Å². The molecule has 1 N–H and O–H groups in total. The highest BCUT2D eigenvalue weighted by atomic mass is 35.5. The van der Waals surface area contributed by atoms with Gasteiger partial charge < -0.3 is 5.32 Å². The van der Waals surface area contributed by atoms with Crippen molar-refractivity contribution in [2.75, 3.05) is 0 Å². The predicted octanol–water partition coefficient (Wildman–Crippen LogP) is 6.40. The number of thioether (sulfide) groups is 1. The van der Waals surface area contributed by atoms with Crippen LogP contribution in [0, 0.1) is 15.9 Å². The Labute approximate surface area is 219 Å². The van der Waals surface area contributed by atoms with Crippen molar-refractivity contribution in [3.05, 3.63) is 110 Å². The standard InChI is InChI=1S/C24H18Cl2FN5O3S/c1-14(28-23(33)16-10-17(25)12-18(26)11-16)22-29-30-24(36-13-15-2-4-19(27)5-3-15)31(22)20-6-8-21(9-7-20)32(34)35/h2-12,14H,13H2,1H3,(H,28,33). The Hall–Kier alpha value is -3.47. The second kappa shape index (κ2) is 11.1. The molecule has 1 atom stereocenters. The summed E-state index contributed by atoms with van der Waals surface area (Å²) in [4.78, 5) is 23.5. The molecule has 8 nitrogen and oxygen atoms in total. The fraction of sp³-hybridized carbons (Fsp3) is 0.125. The zero-order valence-electron chi connectivity index (χ0n) is 18.7. The molecule has 0 aliphatic heterocycles. The number of aromatic nitrogens is 3. The van der Waals surface area contributed by atoms with Gasteiger partial charge in [-0.25, -0.2) is 4.39 Å². The monoisotopic (exact) mass is 545 g/mol. The fourth-order valence-corrected chi connectivity index (χ4v) is 4.82. The molecule has 0 saturated carbocycles. The van der Waals surface area contributed by atoms with Crippen molar-refractivity contribution in [2.45, 2.75) is 23.9 Å². The second-order valence-electron chi connectivity index (χ2n) is 7.72. The molecule has 0 aliphatic rings. The number of rotatable bonds is 8. The average Bonchev–Trinajstić information content (AvgIpc) is 3.27. The van der Waals surface area contributed by atoms with Crippen molar-refractivity contribution in [3.8, 4) is 5.69 Å². The van der Waals surface area contributed by atoms with Crippen molar-refractivity contribution in [3.63, 3.8) is 0 Å². The smallest absolute Gasteiger partial charge is 0.269 e. The van der Waals surface area contributed by atoms with Gasteiger partial charge in [-0.15, -0.1) is 10.2 Å². The molecule has 12 heteroatoms. The van der Waals surface area contributed by atoms with Crippen LogP contribution in [-0.2, 0) is 5.75 Å². The van der Waals surface area contributed by atoms with Crippen molar-refractivity contribution < 1.29 is 14.1 Å². The van der Waals surface area contributed by atoms with Crippen LogP contribution >= 0.6 is 35.0 Å². The van der Waals surface area contributed by atoms with Crippen molar-refractivity contribution in [1.29, 1.82) is 0 Å². The lowest BCUT2D eigenvalue weighted by atomic mass is 10.2. The van der Waals surface area contributed by atoms with Gasteiger partial charge in [-0.05, 0) is 55.0 Å². The topological polar surface area (TPSA) is 103 Å². The van der Waals surface area contributed by atoms with Crippen LogP contribution in [-0.4, -0.2) is 25.6 Å². The quantitative estimate of drug-likeness (QED) is 0.156. The number of carbonyl (C=O) groups is 1. The SMILES string of the molecule is CC(NC(=O)c1cc(Cl)cc(Cl)c1)c1nnc(SCc2ccc(F)cc2)n1-c1ccc([N+](=O)[O-])cc1. The van der Waals surface area contributed by atoms with E-state index in [2.05, 4.69) is 15.5 Å². The molecule has 1 unspecified atom stereocenters. The molecule has 0 radical (unpaired) electrons. The van der Waals surface area contributed by atoms with Crippen molar-refractivity contribution in [2.24, 2.45) is 0 Å². The molecule has 1 aromatic heterocycles. The summed E-state index contributed by atoms with van der Waals surface area (Å²) in [5, 5.41) is 23.7. The lowest BCUT2D eigenvalue weighted by Gasteiger charge is -2.16. The number of nitrogens with one attached hydrogen (secondary N) is 1. The molecule has 1 amide bonds. The van der Waals surface area contributed by atoms with Gasteiger partial charge in [-0.3, -0.25) is 19.5 Å². The lowest BCUT2D eigenvalue weighted by molar-refractivity contribution is -0.384. The average molecular weight is 546 g/mol. The van der Waals surface area contributed by atoms with Crippen LogP contribution in [0.1, 0.15) is 34.7 Å². The third-order valence-corrected chi connectivity index (χ3v) is 6.55. The zero-order chi connectivity index (χ0) is 25.8. The number of hydrogen-bond donors (Lipinski definition) is 1. The second-order valence-corrected chi connectivity index (χ2v) is 9.53.